The van der Waals surface area contributed by atoms with Crippen molar-refractivity contribution >= 4 is 5.69 Å². The molecule has 2 aromatic carbocycles. The summed E-state index contributed by atoms with van der Waals surface area (Å²) in [7, 11) is 0. The van der Waals surface area contributed by atoms with E-state index >= 15 is 0 Å². The summed E-state index contributed by atoms with van der Waals surface area (Å²) in [5.41, 5.74) is 1.27. The zero-order chi connectivity index (χ0) is 25.1. The second kappa shape index (κ2) is 10.5. The number of anilines is 1. The van der Waals surface area contributed by atoms with Crippen molar-refractivity contribution < 1.29 is 23.0 Å². The predicted molar refractivity (Wildman–Crippen MR) is 130 cm³/mol. The van der Waals surface area contributed by atoms with Gasteiger partial charge in [0, 0.05) is 49.5 Å². The number of aromatic nitrogens is 3. The highest BCUT2D eigenvalue weighted by atomic mass is 19.1. The Kier molecular flexibility index (Phi) is 7.17. The minimum atomic E-state index is -1.47. The fraction of sp³-hybridized carbons (Fsp3) is 0.462. The Bertz CT molecular complexity index is 1140. The summed E-state index contributed by atoms with van der Waals surface area (Å²) < 4.78 is 47.9. The normalized spacial score (nSPS) is 22.9. The number of hydrogen-bond acceptors (Lipinski definition) is 7. The van der Waals surface area contributed by atoms with Crippen LogP contribution in [0.1, 0.15) is 19.4 Å². The van der Waals surface area contributed by atoms with Gasteiger partial charge in [-0.15, -0.1) is 0 Å². The second-order valence-corrected chi connectivity index (χ2v) is 9.44. The molecule has 3 aromatic rings. The van der Waals surface area contributed by atoms with E-state index in [0.29, 0.717) is 11.8 Å². The lowest BCUT2D eigenvalue weighted by molar-refractivity contribution is -0.192. The van der Waals surface area contributed by atoms with Gasteiger partial charge in [-0.1, -0.05) is 0 Å². The van der Waals surface area contributed by atoms with Gasteiger partial charge in [0.2, 0.25) is 5.79 Å². The summed E-state index contributed by atoms with van der Waals surface area (Å²) >= 11 is 0. The molecule has 10 heteroatoms. The molecule has 2 atom stereocenters. The summed E-state index contributed by atoms with van der Waals surface area (Å²) in [6.07, 6.45) is 2.41. The number of hydrogen-bond donors (Lipinski definition) is 0. The molecule has 0 saturated carbocycles. The van der Waals surface area contributed by atoms with E-state index in [9.17, 15) is 8.78 Å². The molecule has 5 rings (SSSR count). The van der Waals surface area contributed by atoms with E-state index in [1.54, 1.807) is 0 Å². The zero-order valence-corrected chi connectivity index (χ0v) is 20.5. The molecule has 2 aliphatic rings. The summed E-state index contributed by atoms with van der Waals surface area (Å²) in [6.45, 7) is 9.03. The first-order valence-electron chi connectivity index (χ1n) is 12.2. The van der Waals surface area contributed by atoms with Crippen molar-refractivity contribution in [3.05, 3.63) is 72.3 Å². The van der Waals surface area contributed by atoms with Gasteiger partial charge in [0.1, 0.15) is 49.3 Å². The van der Waals surface area contributed by atoms with Gasteiger partial charge in [-0.3, -0.25) is 4.90 Å². The van der Waals surface area contributed by atoms with Crippen molar-refractivity contribution in [1.29, 1.82) is 0 Å². The van der Waals surface area contributed by atoms with Gasteiger partial charge in [0.25, 0.3) is 0 Å². The van der Waals surface area contributed by atoms with Crippen molar-refractivity contribution in [3.8, 4) is 5.75 Å². The van der Waals surface area contributed by atoms with E-state index in [4.69, 9.17) is 14.2 Å². The lowest BCUT2D eigenvalue weighted by Gasteiger charge is -2.38. The Morgan fingerprint density at radius 2 is 1.86 bits per heavy atom. The van der Waals surface area contributed by atoms with Crippen molar-refractivity contribution in [2.45, 2.75) is 38.3 Å². The average molecular weight is 500 g/mol. The molecule has 3 heterocycles. The molecule has 0 bridgehead atoms. The fourth-order valence-corrected chi connectivity index (χ4v) is 4.72. The Morgan fingerprint density at radius 3 is 2.53 bits per heavy atom. The van der Waals surface area contributed by atoms with Crippen LogP contribution in [0.5, 0.6) is 5.75 Å². The Balaban J connectivity index is 1.21. The average Bonchev–Trinajstić information content (AvgIpc) is 3.54. The summed E-state index contributed by atoms with van der Waals surface area (Å²) in [5, 5.41) is 4.09. The summed E-state index contributed by atoms with van der Waals surface area (Å²) in [6, 6.07) is 11.9. The Hall–Kier alpha value is -3.08. The van der Waals surface area contributed by atoms with Crippen LogP contribution in [0.15, 0.2) is 55.1 Å². The highest BCUT2D eigenvalue weighted by molar-refractivity contribution is 5.49. The van der Waals surface area contributed by atoms with Gasteiger partial charge >= 0.3 is 0 Å². The first kappa shape index (κ1) is 24.6. The van der Waals surface area contributed by atoms with Crippen LogP contribution in [0.25, 0.3) is 0 Å². The molecule has 0 amide bonds. The van der Waals surface area contributed by atoms with E-state index in [1.807, 2.05) is 12.1 Å². The Labute approximate surface area is 209 Å². The number of halogens is 2. The monoisotopic (exact) mass is 499 g/mol. The van der Waals surface area contributed by atoms with Crippen LogP contribution < -0.4 is 9.64 Å². The SMILES string of the molecule is CC(C)N1CCN(c2ccc(OC[C@H]3CO[C@](Cn4cncn4)(c4ccc(F)cc4F)O3)cc2)CC1. The first-order chi connectivity index (χ1) is 17.4. The van der Waals surface area contributed by atoms with Gasteiger partial charge in [0.05, 0.1) is 6.61 Å². The maximum atomic E-state index is 14.7. The fourth-order valence-electron chi connectivity index (χ4n) is 4.72. The number of piperazine rings is 1. The van der Waals surface area contributed by atoms with Crippen LogP contribution >= 0.6 is 0 Å². The molecule has 0 aliphatic carbocycles. The van der Waals surface area contributed by atoms with Gasteiger partial charge in [-0.25, -0.2) is 18.4 Å². The molecule has 0 unspecified atom stereocenters. The number of rotatable bonds is 8. The summed E-state index contributed by atoms with van der Waals surface area (Å²) in [5.74, 6) is -2.18. The number of ether oxygens (including phenoxy) is 3. The van der Waals surface area contributed by atoms with Crippen molar-refractivity contribution in [1.82, 2.24) is 19.7 Å². The third-order valence-electron chi connectivity index (χ3n) is 6.72. The van der Waals surface area contributed by atoms with E-state index in [-0.39, 0.29) is 25.3 Å². The Morgan fingerprint density at radius 1 is 1.08 bits per heavy atom. The molecule has 192 valence electrons. The van der Waals surface area contributed by atoms with Crippen LogP contribution in [0.2, 0.25) is 0 Å². The van der Waals surface area contributed by atoms with E-state index in [0.717, 1.165) is 32.2 Å². The van der Waals surface area contributed by atoms with E-state index < -0.39 is 23.5 Å². The molecule has 8 nitrogen and oxygen atoms in total. The third-order valence-corrected chi connectivity index (χ3v) is 6.72. The van der Waals surface area contributed by atoms with Crippen LogP contribution in [-0.4, -0.2) is 71.2 Å². The van der Waals surface area contributed by atoms with Crippen molar-refractivity contribution in [2.75, 3.05) is 44.3 Å². The molecule has 2 aliphatic heterocycles. The van der Waals surface area contributed by atoms with Gasteiger partial charge in [-0.2, -0.15) is 5.10 Å². The minimum absolute atomic E-state index is 0.0603. The zero-order valence-electron chi connectivity index (χ0n) is 20.5. The van der Waals surface area contributed by atoms with Crippen LogP contribution in [0.4, 0.5) is 14.5 Å². The van der Waals surface area contributed by atoms with Crippen LogP contribution in [0, 0.1) is 11.6 Å². The molecule has 36 heavy (non-hydrogen) atoms. The smallest absolute Gasteiger partial charge is 0.218 e. The quantitative estimate of drug-likeness (QED) is 0.471. The number of benzene rings is 2. The number of nitrogens with zero attached hydrogens (tertiary/aromatic N) is 5. The maximum Gasteiger partial charge on any atom is 0.218 e. The molecular weight excluding hydrogens is 468 g/mol. The standard InChI is InChI=1S/C26H31F2N5O3/c1-19(2)31-9-11-32(12-10-31)21-4-6-22(7-5-21)34-14-23-15-35-26(36-23,16-33-18-29-17-30-33)24-8-3-20(27)13-25(24)28/h3-8,13,17-19,23H,9-12,14-16H2,1-2H3/t23-,26-/m0/s1. The predicted octanol–water partition coefficient (Wildman–Crippen LogP) is 3.43. The highest BCUT2D eigenvalue weighted by Gasteiger charge is 2.46. The molecule has 0 N–H and O–H groups in total. The van der Waals surface area contributed by atoms with Gasteiger partial charge in [0.15, 0.2) is 0 Å². The highest BCUT2D eigenvalue weighted by Crippen LogP contribution is 2.37. The molecule has 2 saturated heterocycles. The molecule has 1 aromatic heterocycles. The first-order valence-corrected chi connectivity index (χ1v) is 12.2. The molecule has 0 spiro atoms. The van der Waals surface area contributed by atoms with E-state index in [2.05, 4.69) is 45.9 Å². The minimum Gasteiger partial charge on any atom is -0.491 e. The lowest BCUT2D eigenvalue weighted by atomic mass is 10.0. The van der Waals surface area contributed by atoms with Gasteiger partial charge in [-0.05, 0) is 50.2 Å². The lowest BCUT2D eigenvalue weighted by Crippen LogP contribution is -2.48. The molecular formula is C26H31F2N5O3. The van der Waals surface area contributed by atoms with Crippen molar-refractivity contribution in [2.24, 2.45) is 0 Å². The largest absolute Gasteiger partial charge is 0.491 e. The van der Waals surface area contributed by atoms with Crippen LogP contribution in [-0.2, 0) is 21.8 Å². The van der Waals surface area contributed by atoms with Crippen molar-refractivity contribution in [3.63, 3.8) is 0 Å². The molecule has 2 fully saturated rings. The van der Waals surface area contributed by atoms with Crippen LogP contribution in [0.3, 0.4) is 0 Å². The molecule has 0 radical (unpaired) electrons. The second-order valence-electron chi connectivity index (χ2n) is 9.44. The summed E-state index contributed by atoms with van der Waals surface area (Å²) in [4.78, 5) is 8.79. The van der Waals surface area contributed by atoms with Gasteiger partial charge < -0.3 is 19.1 Å². The van der Waals surface area contributed by atoms with E-state index in [1.165, 1.54) is 35.2 Å². The topological polar surface area (TPSA) is 64.9 Å². The third kappa shape index (κ3) is 5.35. The maximum absolute atomic E-state index is 14.7.